The predicted octanol–water partition coefficient (Wildman–Crippen LogP) is 9.09. The largest absolute Gasteiger partial charge is 0.465 e. The summed E-state index contributed by atoms with van der Waals surface area (Å²) in [7, 11) is 0. The van der Waals surface area contributed by atoms with Crippen LogP contribution in [0.25, 0.3) is 0 Å². The van der Waals surface area contributed by atoms with Gasteiger partial charge in [-0.25, -0.2) is 0 Å². The third-order valence-electron chi connectivity index (χ3n) is 7.25. The first-order chi connectivity index (χ1) is 14.9. The van der Waals surface area contributed by atoms with Gasteiger partial charge in [0.05, 0.1) is 6.10 Å². The molecular weight excluding hydrogens is 392 g/mol. The lowest BCUT2D eigenvalue weighted by molar-refractivity contribution is -0.162. The molecule has 0 radical (unpaired) electrons. The van der Waals surface area contributed by atoms with Crippen LogP contribution >= 0.6 is 0 Å². The number of benzene rings is 1. The molecule has 0 amide bonds. The third kappa shape index (κ3) is 8.40. The number of hydrogen-bond acceptors (Lipinski definition) is 2. The van der Waals surface area contributed by atoms with Gasteiger partial charge in [-0.05, 0) is 77.9 Å². The van der Waals surface area contributed by atoms with Gasteiger partial charge in [0.15, 0.2) is 6.29 Å². The van der Waals surface area contributed by atoms with E-state index >= 15 is 0 Å². The smallest absolute Gasteiger partial charge is 0.200 e. The van der Waals surface area contributed by atoms with Crippen molar-refractivity contribution in [3.63, 3.8) is 0 Å². The first-order valence-electron chi connectivity index (χ1n) is 13.3. The molecule has 5 atom stereocenters. The minimum Gasteiger partial charge on any atom is -0.465 e. The fraction of sp³-hybridized carbons (Fsp3) is 0.800. The Kier molecular flexibility index (Phi) is 10.1. The molecule has 2 nitrogen and oxygen atoms in total. The highest BCUT2D eigenvalue weighted by Crippen LogP contribution is 2.40. The van der Waals surface area contributed by atoms with E-state index in [4.69, 9.17) is 9.47 Å². The quantitative estimate of drug-likeness (QED) is 0.335. The second-order valence-electron chi connectivity index (χ2n) is 12.8. The molecule has 2 rings (SSSR count). The SMILES string of the molecule is CC(C)CC(Oc1ccc(C(CC(C)C)C(C)(C)C)cc1)OC1CC(C)CCC1C(C)C. The highest BCUT2D eigenvalue weighted by atomic mass is 16.7. The first-order valence-corrected chi connectivity index (χ1v) is 13.3. The van der Waals surface area contributed by atoms with Gasteiger partial charge in [-0.2, -0.15) is 0 Å². The lowest BCUT2D eigenvalue weighted by Crippen LogP contribution is -2.39. The van der Waals surface area contributed by atoms with E-state index in [-0.39, 0.29) is 11.7 Å². The maximum atomic E-state index is 6.71. The number of rotatable bonds is 10. The van der Waals surface area contributed by atoms with Crippen molar-refractivity contribution in [1.82, 2.24) is 0 Å². The van der Waals surface area contributed by atoms with Crippen molar-refractivity contribution < 1.29 is 9.47 Å². The molecule has 1 aromatic rings. The Bertz CT molecular complexity index is 652. The highest BCUT2D eigenvalue weighted by molar-refractivity contribution is 5.30. The summed E-state index contributed by atoms with van der Waals surface area (Å²) in [4.78, 5) is 0. The molecule has 1 fully saturated rings. The second kappa shape index (κ2) is 11.9. The van der Waals surface area contributed by atoms with Crippen molar-refractivity contribution in [2.45, 2.75) is 120 Å². The van der Waals surface area contributed by atoms with Crippen molar-refractivity contribution >= 4 is 0 Å². The van der Waals surface area contributed by atoms with Crippen LogP contribution in [-0.4, -0.2) is 12.4 Å². The summed E-state index contributed by atoms with van der Waals surface area (Å²) in [6.45, 7) is 23.3. The van der Waals surface area contributed by atoms with E-state index in [2.05, 4.69) is 93.5 Å². The monoisotopic (exact) mass is 444 g/mol. The fourth-order valence-electron chi connectivity index (χ4n) is 5.37. The molecule has 184 valence electrons. The number of hydrogen-bond donors (Lipinski definition) is 0. The lowest BCUT2D eigenvalue weighted by atomic mass is 9.72. The van der Waals surface area contributed by atoms with Gasteiger partial charge >= 0.3 is 0 Å². The second-order valence-corrected chi connectivity index (χ2v) is 12.8. The summed E-state index contributed by atoms with van der Waals surface area (Å²) in [5, 5.41) is 0. The molecule has 1 aliphatic carbocycles. The summed E-state index contributed by atoms with van der Waals surface area (Å²) in [6.07, 6.45) is 6.02. The maximum Gasteiger partial charge on any atom is 0.200 e. The van der Waals surface area contributed by atoms with Crippen molar-refractivity contribution in [3.8, 4) is 5.75 Å². The van der Waals surface area contributed by atoms with Crippen LogP contribution in [0.15, 0.2) is 24.3 Å². The van der Waals surface area contributed by atoms with E-state index in [1.54, 1.807) is 0 Å². The zero-order valence-electron chi connectivity index (χ0n) is 22.8. The maximum absolute atomic E-state index is 6.71. The van der Waals surface area contributed by atoms with Crippen molar-refractivity contribution in [3.05, 3.63) is 29.8 Å². The van der Waals surface area contributed by atoms with Crippen molar-refractivity contribution in [2.24, 2.45) is 35.0 Å². The average Bonchev–Trinajstić information content (AvgIpc) is 2.65. The first kappa shape index (κ1) is 27.2. The Balaban J connectivity index is 2.14. The zero-order valence-corrected chi connectivity index (χ0v) is 22.8. The molecule has 0 aliphatic heterocycles. The molecule has 0 aromatic heterocycles. The van der Waals surface area contributed by atoms with Gasteiger partial charge in [0, 0.05) is 6.42 Å². The average molecular weight is 445 g/mol. The molecule has 2 heteroatoms. The molecule has 0 bridgehead atoms. The third-order valence-corrected chi connectivity index (χ3v) is 7.25. The van der Waals surface area contributed by atoms with E-state index in [1.165, 1.54) is 24.8 Å². The summed E-state index contributed by atoms with van der Waals surface area (Å²) in [6, 6.07) is 8.88. The Hall–Kier alpha value is -1.02. The summed E-state index contributed by atoms with van der Waals surface area (Å²) in [5.41, 5.74) is 1.67. The van der Waals surface area contributed by atoms with E-state index in [0.29, 0.717) is 35.7 Å². The zero-order chi connectivity index (χ0) is 24.1. The van der Waals surface area contributed by atoms with Gasteiger partial charge in [0.25, 0.3) is 0 Å². The van der Waals surface area contributed by atoms with Gasteiger partial charge in [-0.3, -0.25) is 0 Å². The molecule has 0 heterocycles. The van der Waals surface area contributed by atoms with E-state index in [9.17, 15) is 0 Å². The molecule has 0 N–H and O–H groups in total. The van der Waals surface area contributed by atoms with Crippen molar-refractivity contribution in [1.29, 1.82) is 0 Å². The Morgan fingerprint density at radius 1 is 0.875 bits per heavy atom. The van der Waals surface area contributed by atoms with Gasteiger partial charge in [0.1, 0.15) is 5.75 Å². The van der Waals surface area contributed by atoms with Crippen LogP contribution in [0.3, 0.4) is 0 Å². The Labute approximate surface area is 199 Å². The van der Waals surface area contributed by atoms with E-state index in [1.807, 2.05) is 0 Å². The van der Waals surface area contributed by atoms with E-state index in [0.717, 1.165) is 24.5 Å². The summed E-state index contributed by atoms with van der Waals surface area (Å²) in [5.74, 6) is 4.73. The van der Waals surface area contributed by atoms with Crippen LogP contribution in [0.1, 0.15) is 113 Å². The topological polar surface area (TPSA) is 18.5 Å². The van der Waals surface area contributed by atoms with Crippen LogP contribution in [0.5, 0.6) is 5.75 Å². The minimum absolute atomic E-state index is 0.175. The Morgan fingerprint density at radius 3 is 1.97 bits per heavy atom. The molecule has 0 saturated heterocycles. The molecule has 5 unspecified atom stereocenters. The normalized spacial score (nSPS) is 24.2. The number of ether oxygens (including phenoxy) is 2. The minimum atomic E-state index is -0.175. The van der Waals surface area contributed by atoms with Gasteiger partial charge in [-0.1, -0.05) is 87.8 Å². The molecule has 1 aliphatic rings. The predicted molar refractivity (Wildman–Crippen MR) is 138 cm³/mol. The van der Waals surface area contributed by atoms with Crippen LogP contribution in [0.4, 0.5) is 0 Å². The molecule has 1 aromatic carbocycles. The highest BCUT2D eigenvalue weighted by Gasteiger charge is 2.34. The van der Waals surface area contributed by atoms with Gasteiger partial charge < -0.3 is 9.47 Å². The van der Waals surface area contributed by atoms with Crippen LogP contribution in [0, 0.1) is 35.0 Å². The molecular formula is C30H52O2. The van der Waals surface area contributed by atoms with Crippen LogP contribution < -0.4 is 4.74 Å². The molecule has 1 saturated carbocycles. The van der Waals surface area contributed by atoms with E-state index < -0.39 is 0 Å². The summed E-state index contributed by atoms with van der Waals surface area (Å²) < 4.78 is 13.2. The van der Waals surface area contributed by atoms with Gasteiger partial charge in [-0.15, -0.1) is 0 Å². The van der Waals surface area contributed by atoms with Crippen molar-refractivity contribution in [2.75, 3.05) is 0 Å². The van der Waals surface area contributed by atoms with Crippen LogP contribution in [0.2, 0.25) is 0 Å². The molecule has 32 heavy (non-hydrogen) atoms. The molecule has 0 spiro atoms. The standard InChI is InChI=1S/C30H52O2/c1-20(2)17-27(30(8,9)10)24-12-14-25(15-13-24)31-29(18-21(3)4)32-28-19-23(7)11-16-26(28)22(5)6/h12-15,20-23,26-29H,11,16-19H2,1-10H3. The lowest BCUT2D eigenvalue weighted by Gasteiger charge is -2.39. The van der Waals surface area contributed by atoms with Crippen LogP contribution in [-0.2, 0) is 4.74 Å². The van der Waals surface area contributed by atoms with Gasteiger partial charge in [0.2, 0.25) is 0 Å². The summed E-state index contributed by atoms with van der Waals surface area (Å²) >= 11 is 0. The Morgan fingerprint density at radius 2 is 1.47 bits per heavy atom. The fourth-order valence-corrected chi connectivity index (χ4v) is 5.37.